The molecule has 8 heteroatoms. The predicted molar refractivity (Wildman–Crippen MR) is 104 cm³/mol. The fraction of sp³-hybridized carbons (Fsp3) is 0.300. The first-order valence-electron chi connectivity index (χ1n) is 9.32. The lowest BCUT2D eigenvalue weighted by atomic mass is 10.2. The number of hydrogen-bond donors (Lipinski definition) is 1. The summed E-state index contributed by atoms with van der Waals surface area (Å²) >= 11 is 0. The lowest BCUT2D eigenvalue weighted by Crippen LogP contribution is -2.45. The van der Waals surface area contributed by atoms with Crippen molar-refractivity contribution in [1.82, 2.24) is 30.2 Å². The van der Waals surface area contributed by atoms with Gasteiger partial charge >= 0.3 is 0 Å². The maximum absolute atomic E-state index is 12.8. The van der Waals surface area contributed by atoms with E-state index in [2.05, 4.69) is 20.5 Å². The van der Waals surface area contributed by atoms with Gasteiger partial charge in [0.25, 0.3) is 5.91 Å². The molecule has 0 bridgehead atoms. The van der Waals surface area contributed by atoms with Crippen LogP contribution in [0.15, 0.2) is 48.8 Å². The van der Waals surface area contributed by atoms with Crippen molar-refractivity contribution in [2.24, 2.45) is 0 Å². The Kier molecular flexibility index (Phi) is 5.29. The Balaban J connectivity index is 1.68. The highest BCUT2D eigenvalue weighted by atomic mass is 16.5. The van der Waals surface area contributed by atoms with E-state index in [0.29, 0.717) is 11.6 Å². The van der Waals surface area contributed by atoms with Crippen LogP contribution in [0.3, 0.4) is 0 Å². The van der Waals surface area contributed by atoms with Gasteiger partial charge in [-0.25, -0.2) is 14.7 Å². The molecule has 0 radical (unpaired) electrons. The van der Waals surface area contributed by atoms with Crippen molar-refractivity contribution in [3.63, 3.8) is 0 Å². The second-order valence-electron chi connectivity index (χ2n) is 6.59. The quantitative estimate of drug-likeness (QED) is 0.734. The van der Waals surface area contributed by atoms with E-state index in [-0.39, 0.29) is 5.91 Å². The van der Waals surface area contributed by atoms with Crippen molar-refractivity contribution >= 4 is 5.91 Å². The molecule has 1 saturated heterocycles. The highest BCUT2D eigenvalue weighted by Crippen LogP contribution is 2.23. The maximum atomic E-state index is 12.8. The van der Waals surface area contributed by atoms with Gasteiger partial charge in [0.15, 0.2) is 5.69 Å². The molecule has 3 aromatic rings. The smallest absolute Gasteiger partial charge is 0.286 e. The Hall–Kier alpha value is -3.26. The van der Waals surface area contributed by atoms with Crippen LogP contribution in [0.2, 0.25) is 0 Å². The Bertz CT molecular complexity index is 933. The van der Waals surface area contributed by atoms with Gasteiger partial charge in [0.05, 0.1) is 30.4 Å². The lowest BCUT2D eigenvalue weighted by molar-refractivity contribution is 0.0744. The molecule has 1 aliphatic rings. The van der Waals surface area contributed by atoms with Gasteiger partial charge in [0, 0.05) is 25.4 Å². The van der Waals surface area contributed by atoms with Crippen LogP contribution in [0.1, 0.15) is 29.8 Å². The number of piperidine rings is 1. The average Bonchev–Trinajstić information content (AvgIpc) is 3.21. The summed E-state index contributed by atoms with van der Waals surface area (Å²) in [6.45, 7) is 1.73. The van der Waals surface area contributed by atoms with E-state index >= 15 is 0 Å². The van der Waals surface area contributed by atoms with Gasteiger partial charge in [0.2, 0.25) is 5.88 Å². The first-order chi connectivity index (χ1) is 13.7. The van der Waals surface area contributed by atoms with Crippen molar-refractivity contribution < 1.29 is 9.53 Å². The van der Waals surface area contributed by atoms with Crippen molar-refractivity contribution in [2.75, 3.05) is 20.2 Å². The average molecular weight is 378 g/mol. The summed E-state index contributed by atoms with van der Waals surface area (Å²) in [7, 11) is 1.57. The zero-order valence-electron chi connectivity index (χ0n) is 15.7. The summed E-state index contributed by atoms with van der Waals surface area (Å²) < 4.78 is 6.81. The summed E-state index contributed by atoms with van der Waals surface area (Å²) in [6, 6.07) is 11.0. The van der Waals surface area contributed by atoms with E-state index in [4.69, 9.17) is 4.74 Å². The van der Waals surface area contributed by atoms with E-state index in [1.165, 1.54) is 6.42 Å². The fourth-order valence-corrected chi connectivity index (χ4v) is 3.21. The molecule has 4 heterocycles. The Morgan fingerprint density at radius 3 is 2.64 bits per heavy atom. The first-order valence-corrected chi connectivity index (χ1v) is 9.32. The Morgan fingerprint density at radius 1 is 1.11 bits per heavy atom. The summed E-state index contributed by atoms with van der Waals surface area (Å²) in [4.78, 5) is 21.4. The highest BCUT2D eigenvalue weighted by molar-refractivity contribution is 5.93. The number of nitrogens with zero attached hydrogens (tertiary/aromatic N) is 5. The minimum atomic E-state index is -0.223. The number of aromatic nitrogens is 4. The molecule has 0 unspecified atom stereocenters. The monoisotopic (exact) mass is 378 g/mol. The molecule has 28 heavy (non-hydrogen) atoms. The lowest BCUT2D eigenvalue weighted by Gasteiger charge is -2.26. The van der Waals surface area contributed by atoms with Crippen LogP contribution >= 0.6 is 0 Å². The number of ether oxygens (including phenoxy) is 1. The van der Waals surface area contributed by atoms with Gasteiger partial charge in [-0.2, -0.15) is 5.10 Å². The van der Waals surface area contributed by atoms with Crippen LogP contribution in [-0.4, -0.2) is 50.9 Å². The molecule has 0 spiro atoms. The molecule has 1 aliphatic heterocycles. The van der Waals surface area contributed by atoms with Crippen molar-refractivity contribution in [1.29, 1.82) is 0 Å². The standard InChI is InChI=1S/C20H22N6O2/c1-28-19-9-8-15(14-22-19)26-18(16-7-3-4-10-21-16)13-17(23-26)20(27)24-25-11-5-2-6-12-25/h3-4,7-10,13-14H,2,5-6,11-12H2,1H3,(H,24,27). The molecule has 1 N–H and O–H groups in total. The second-order valence-corrected chi connectivity index (χ2v) is 6.59. The number of carbonyl (C=O) groups excluding carboxylic acids is 1. The Labute approximate surface area is 163 Å². The number of methoxy groups -OCH3 is 1. The number of hydrogen-bond acceptors (Lipinski definition) is 6. The highest BCUT2D eigenvalue weighted by Gasteiger charge is 2.20. The van der Waals surface area contributed by atoms with Crippen LogP contribution in [0, 0.1) is 0 Å². The number of hydrazine groups is 1. The van der Waals surface area contributed by atoms with Gasteiger partial charge in [-0.15, -0.1) is 0 Å². The largest absolute Gasteiger partial charge is 0.481 e. The SMILES string of the molecule is COc1ccc(-n2nc(C(=O)NN3CCCCC3)cc2-c2ccccn2)cn1. The van der Waals surface area contributed by atoms with Gasteiger partial charge < -0.3 is 4.74 Å². The molecular formula is C20H22N6O2. The normalized spacial score (nSPS) is 14.6. The van der Waals surface area contributed by atoms with Crippen LogP contribution in [0.4, 0.5) is 0 Å². The zero-order chi connectivity index (χ0) is 19.3. The number of rotatable bonds is 5. The van der Waals surface area contributed by atoms with Crippen molar-refractivity contribution in [3.05, 3.63) is 54.5 Å². The molecule has 0 atom stereocenters. The summed E-state index contributed by atoms with van der Waals surface area (Å²) in [5.41, 5.74) is 5.46. The number of amides is 1. The van der Waals surface area contributed by atoms with Crippen molar-refractivity contribution in [2.45, 2.75) is 19.3 Å². The predicted octanol–water partition coefficient (Wildman–Crippen LogP) is 2.47. The molecule has 8 nitrogen and oxygen atoms in total. The molecular weight excluding hydrogens is 356 g/mol. The van der Waals surface area contributed by atoms with Gasteiger partial charge in [0.1, 0.15) is 0 Å². The fourth-order valence-electron chi connectivity index (χ4n) is 3.21. The second kappa shape index (κ2) is 8.18. The van der Waals surface area contributed by atoms with Crippen LogP contribution in [-0.2, 0) is 0 Å². The molecule has 144 valence electrons. The summed E-state index contributed by atoms with van der Waals surface area (Å²) in [5, 5.41) is 6.49. The zero-order valence-corrected chi connectivity index (χ0v) is 15.7. The van der Waals surface area contributed by atoms with E-state index in [1.807, 2.05) is 29.3 Å². The molecule has 0 aromatic carbocycles. The molecule has 1 fully saturated rings. The third-order valence-electron chi connectivity index (χ3n) is 4.66. The van der Waals surface area contributed by atoms with Gasteiger partial charge in [-0.1, -0.05) is 12.5 Å². The number of carbonyl (C=O) groups is 1. The molecule has 0 aliphatic carbocycles. The summed E-state index contributed by atoms with van der Waals surface area (Å²) in [5.74, 6) is 0.289. The minimum absolute atomic E-state index is 0.223. The van der Waals surface area contributed by atoms with Crippen molar-refractivity contribution in [3.8, 4) is 23.0 Å². The minimum Gasteiger partial charge on any atom is -0.481 e. The first kappa shape index (κ1) is 18.1. The number of pyridine rings is 2. The third kappa shape index (κ3) is 3.86. The number of nitrogens with one attached hydrogen (secondary N) is 1. The van der Waals surface area contributed by atoms with Crippen LogP contribution < -0.4 is 10.2 Å². The third-order valence-corrected chi connectivity index (χ3v) is 4.66. The van der Waals surface area contributed by atoms with Gasteiger partial charge in [-0.05, 0) is 37.1 Å². The van der Waals surface area contributed by atoms with Crippen LogP contribution in [0.5, 0.6) is 5.88 Å². The van der Waals surface area contributed by atoms with E-state index in [1.54, 1.807) is 36.3 Å². The van der Waals surface area contributed by atoms with Gasteiger partial charge in [-0.3, -0.25) is 15.2 Å². The maximum Gasteiger partial charge on any atom is 0.286 e. The van der Waals surface area contributed by atoms with E-state index in [0.717, 1.165) is 43.0 Å². The molecule has 1 amide bonds. The Morgan fingerprint density at radius 2 is 1.96 bits per heavy atom. The van der Waals surface area contributed by atoms with Crippen LogP contribution in [0.25, 0.3) is 17.1 Å². The molecule has 4 rings (SSSR count). The molecule has 0 saturated carbocycles. The van der Waals surface area contributed by atoms with E-state index < -0.39 is 0 Å². The molecule has 3 aromatic heterocycles. The topological polar surface area (TPSA) is 85.2 Å². The van der Waals surface area contributed by atoms with E-state index in [9.17, 15) is 4.79 Å². The summed E-state index contributed by atoms with van der Waals surface area (Å²) in [6.07, 6.45) is 6.75.